The summed E-state index contributed by atoms with van der Waals surface area (Å²) in [7, 11) is 5.72. The molecule has 14 heteroatoms. The van der Waals surface area contributed by atoms with Gasteiger partial charge in [-0.15, -0.1) is 5.53 Å². The molecule has 0 unspecified atom stereocenters. The zero-order valence-electron chi connectivity index (χ0n) is 34.5. The first-order chi connectivity index (χ1) is 30.1. The van der Waals surface area contributed by atoms with Gasteiger partial charge < -0.3 is 10.1 Å². The predicted molar refractivity (Wildman–Crippen MR) is 234 cm³/mol. The highest BCUT2D eigenvalue weighted by atomic mass is 16.5. The van der Waals surface area contributed by atoms with E-state index in [9.17, 15) is 19.5 Å². The topological polar surface area (TPSA) is 147 Å². The lowest BCUT2D eigenvalue weighted by molar-refractivity contribution is -0.644. The number of aryl methyl sites for hydroxylation is 2. The van der Waals surface area contributed by atoms with Crippen LogP contribution in [0.3, 0.4) is 0 Å². The van der Waals surface area contributed by atoms with E-state index in [1.54, 1.807) is 18.3 Å². The molecule has 3 amide bonds. The van der Waals surface area contributed by atoms with E-state index in [-0.39, 0.29) is 29.7 Å². The number of hydrazine groups is 2. The molecule has 1 radical (unpaired) electrons. The summed E-state index contributed by atoms with van der Waals surface area (Å²) in [6, 6.07) is 33.5. The molecule has 62 heavy (non-hydrogen) atoms. The number of para-hydroxylation sites is 2. The van der Waals surface area contributed by atoms with Gasteiger partial charge in [-0.3, -0.25) is 34.4 Å². The third kappa shape index (κ3) is 7.98. The second-order valence-electron chi connectivity index (χ2n) is 15.5. The highest BCUT2D eigenvalue weighted by molar-refractivity contribution is 6.25. The van der Waals surface area contributed by atoms with E-state index >= 15 is 0 Å². The van der Waals surface area contributed by atoms with E-state index in [2.05, 4.69) is 20.8 Å². The Hall–Kier alpha value is -7.71. The van der Waals surface area contributed by atoms with Gasteiger partial charge in [0.05, 0.1) is 13.2 Å². The third-order valence-corrected chi connectivity index (χ3v) is 11.2. The molecule has 3 aromatic heterocycles. The molecular formula is C48H44N9O5+2. The molecular weight excluding hydrogens is 783 g/mol. The average Bonchev–Trinajstić information content (AvgIpc) is 3.63. The van der Waals surface area contributed by atoms with Crippen LogP contribution in [-0.2, 0) is 19.2 Å². The van der Waals surface area contributed by atoms with Crippen molar-refractivity contribution in [2.24, 2.45) is 19.1 Å². The van der Waals surface area contributed by atoms with Crippen molar-refractivity contribution in [2.45, 2.75) is 19.3 Å². The normalized spacial score (nSPS) is 14.0. The summed E-state index contributed by atoms with van der Waals surface area (Å²) in [5, 5.41) is 23.9. The lowest BCUT2D eigenvalue weighted by atomic mass is 9.94. The summed E-state index contributed by atoms with van der Waals surface area (Å²) >= 11 is 0. The molecule has 4 aromatic carbocycles. The second kappa shape index (κ2) is 16.7. The van der Waals surface area contributed by atoms with E-state index in [1.165, 1.54) is 17.0 Å². The van der Waals surface area contributed by atoms with Crippen molar-refractivity contribution in [3.8, 4) is 5.75 Å². The average molecular weight is 827 g/mol. The number of benzene rings is 4. The van der Waals surface area contributed by atoms with Crippen LogP contribution in [0.15, 0.2) is 138 Å². The molecule has 0 aliphatic carbocycles. The molecule has 2 aliphatic heterocycles. The van der Waals surface area contributed by atoms with Crippen LogP contribution < -0.4 is 24.7 Å². The van der Waals surface area contributed by atoms with Gasteiger partial charge >= 0.3 is 0 Å². The van der Waals surface area contributed by atoms with E-state index in [0.717, 1.165) is 45.7 Å². The lowest BCUT2D eigenvalue weighted by Crippen LogP contribution is -2.46. The predicted octanol–water partition coefficient (Wildman–Crippen LogP) is 6.31. The van der Waals surface area contributed by atoms with Crippen molar-refractivity contribution < 1.29 is 33.4 Å². The van der Waals surface area contributed by atoms with Crippen molar-refractivity contribution in [2.75, 3.05) is 32.1 Å². The molecule has 0 bridgehead atoms. The maximum absolute atomic E-state index is 13.7. The molecule has 0 saturated heterocycles. The number of carbonyl (C=O) groups is 3. The smallest absolute Gasteiger partial charge is 0.296 e. The molecule has 0 fully saturated rings. The molecule has 2 aliphatic rings. The zero-order chi connectivity index (χ0) is 42.9. The first-order valence-corrected chi connectivity index (χ1v) is 20.4. The van der Waals surface area contributed by atoms with Crippen molar-refractivity contribution in [1.82, 2.24) is 25.4 Å². The van der Waals surface area contributed by atoms with Crippen molar-refractivity contribution >= 4 is 67.6 Å². The number of pyridine rings is 3. The molecule has 0 saturated carbocycles. The quantitative estimate of drug-likeness (QED) is 0.0453. The first-order valence-electron chi connectivity index (χ1n) is 20.4. The van der Waals surface area contributed by atoms with Gasteiger partial charge in [-0.25, -0.2) is 9.98 Å². The summed E-state index contributed by atoms with van der Waals surface area (Å²) in [4.78, 5) is 50.7. The molecule has 2 N–H and O–H groups in total. The molecule has 14 nitrogen and oxygen atoms in total. The minimum absolute atomic E-state index is 0.0130. The fourth-order valence-corrected chi connectivity index (χ4v) is 8.11. The van der Waals surface area contributed by atoms with Gasteiger partial charge in [0.15, 0.2) is 12.4 Å². The van der Waals surface area contributed by atoms with Gasteiger partial charge in [-0.05, 0) is 61.0 Å². The number of fused-ring (bicyclic) bond motifs is 2. The number of nitrogens with zero attached hydrogens (tertiary/aromatic N) is 7. The van der Waals surface area contributed by atoms with Crippen LogP contribution in [0.2, 0.25) is 0 Å². The fraction of sp³-hybridized carbons (Fsp3) is 0.188. The van der Waals surface area contributed by atoms with Crippen LogP contribution in [0.25, 0.3) is 32.6 Å². The highest BCUT2D eigenvalue weighted by Crippen LogP contribution is 2.30. The van der Waals surface area contributed by atoms with Gasteiger partial charge in [0.2, 0.25) is 11.0 Å². The van der Waals surface area contributed by atoms with Crippen LogP contribution in [0.4, 0.5) is 11.4 Å². The minimum Gasteiger partial charge on any atom is -0.493 e. The molecule has 0 spiro atoms. The van der Waals surface area contributed by atoms with Crippen LogP contribution in [0.1, 0.15) is 56.2 Å². The van der Waals surface area contributed by atoms with E-state index in [4.69, 9.17) is 4.74 Å². The van der Waals surface area contributed by atoms with Gasteiger partial charge in [0, 0.05) is 77.0 Å². The Balaban J connectivity index is 0.861. The Morgan fingerprint density at radius 3 is 2.15 bits per heavy atom. The van der Waals surface area contributed by atoms with Gasteiger partial charge in [-0.2, -0.15) is 9.13 Å². The standard InChI is InChI=1S/C48H43N9O5/c1-53-28-34(24-32-12-4-6-19-42(32)53)49-45(58)40-26-37(27-41(51-40)46(59)50-35-25-33-13-5-7-20-43(33)54(2)29-35)62-23-9-8-16-36-30-56(52-55(36)3)21-22-57-47(60)38-17-10-14-31-15-11-18-39(44(31)38)48(57)61/h4-7,10-15,17-20,24-30,52H,8-9,16,21-23H2,1-3H3/q+1/p+1. The van der Waals surface area contributed by atoms with Gasteiger partial charge in [-0.1, -0.05) is 48.5 Å². The number of hydrogen-bond donors (Lipinski definition) is 2. The van der Waals surface area contributed by atoms with Gasteiger partial charge in [0.25, 0.3) is 23.6 Å². The van der Waals surface area contributed by atoms with Crippen LogP contribution in [-0.4, -0.2) is 70.3 Å². The van der Waals surface area contributed by atoms with Crippen molar-refractivity contribution in [3.05, 3.63) is 156 Å². The van der Waals surface area contributed by atoms with Crippen molar-refractivity contribution in [3.63, 3.8) is 0 Å². The van der Waals surface area contributed by atoms with Gasteiger partial charge in [0.1, 0.15) is 42.6 Å². The number of aromatic nitrogens is 3. The molecule has 0 atom stereocenters. The monoisotopic (exact) mass is 826 g/mol. The fourth-order valence-electron chi connectivity index (χ4n) is 8.11. The summed E-state index contributed by atoms with van der Waals surface area (Å²) in [6.07, 6.45) is 7.74. The SMILES string of the molecule is CN1NN(CCN2C(=O)c3cccc4cccc(c34)C2=O)C=C1CCCCOc1cc(C(=O)Nc2cc3ccccc3[n+](C)c2)nc(C([O])=Nc2cc3ccccc3[n+](C)c2)c1. The number of amides is 3. The van der Waals surface area contributed by atoms with E-state index in [1.807, 2.05) is 138 Å². The molecule has 309 valence electrons. The maximum atomic E-state index is 13.7. The summed E-state index contributed by atoms with van der Waals surface area (Å²) in [5.74, 6) is -1.37. The Bertz CT molecular complexity index is 2950. The number of unbranched alkanes of at least 4 members (excludes halogenated alkanes) is 1. The van der Waals surface area contributed by atoms with Crippen LogP contribution in [0, 0.1) is 0 Å². The number of carbonyl (C=O) groups excluding carboxylic acids is 3. The van der Waals surface area contributed by atoms with Crippen LogP contribution >= 0.6 is 0 Å². The number of rotatable bonds is 13. The van der Waals surface area contributed by atoms with Crippen LogP contribution in [0.5, 0.6) is 5.75 Å². The summed E-state index contributed by atoms with van der Waals surface area (Å²) in [5.41, 5.74) is 8.40. The third-order valence-electron chi connectivity index (χ3n) is 11.2. The minimum atomic E-state index is -0.610. The Morgan fingerprint density at radius 1 is 0.774 bits per heavy atom. The number of ether oxygens (including phenoxy) is 1. The number of hydrogen-bond acceptors (Lipinski definition) is 9. The van der Waals surface area contributed by atoms with Crippen molar-refractivity contribution in [1.29, 1.82) is 0 Å². The highest BCUT2D eigenvalue weighted by Gasteiger charge is 2.33. The maximum Gasteiger partial charge on any atom is 0.296 e. The number of allylic oxidation sites excluding steroid dienone is 1. The largest absolute Gasteiger partial charge is 0.493 e. The van der Waals surface area contributed by atoms with E-state index in [0.29, 0.717) is 53.2 Å². The Labute approximate surface area is 357 Å². The zero-order valence-corrected chi connectivity index (χ0v) is 34.5. The number of nitrogens with one attached hydrogen (secondary N) is 2. The summed E-state index contributed by atoms with van der Waals surface area (Å²) in [6.45, 7) is 0.932. The molecule has 5 heterocycles. The lowest BCUT2D eigenvalue weighted by Gasteiger charge is -2.29. The molecule has 7 aromatic rings. The summed E-state index contributed by atoms with van der Waals surface area (Å²) < 4.78 is 10.0. The second-order valence-corrected chi connectivity index (χ2v) is 15.5. The first kappa shape index (κ1) is 39.7. The number of anilines is 1. The number of aliphatic imine (C=N–C) groups is 1. The molecule has 9 rings (SSSR count). The van der Waals surface area contributed by atoms with E-state index < -0.39 is 11.8 Å². The number of imide groups is 1. The Morgan fingerprint density at radius 2 is 1.42 bits per heavy atom. The Kier molecular flexibility index (Phi) is 10.7.